The van der Waals surface area contributed by atoms with Crippen molar-refractivity contribution in [1.82, 2.24) is 0 Å². The van der Waals surface area contributed by atoms with E-state index in [-0.39, 0.29) is 10.6 Å². The molecule has 0 aliphatic carbocycles. The lowest BCUT2D eigenvalue weighted by Crippen LogP contribution is -2.08. The third-order valence-corrected chi connectivity index (χ3v) is 4.43. The van der Waals surface area contributed by atoms with E-state index in [0.717, 1.165) is 36.6 Å². The molecule has 0 spiro atoms. The average molecular weight is 396 g/mol. The first-order valence-electron chi connectivity index (χ1n) is 6.42. The minimum absolute atomic E-state index is 0.0503. The Morgan fingerprint density at radius 2 is 1.72 bits per heavy atom. The van der Waals surface area contributed by atoms with Gasteiger partial charge in [0.2, 0.25) is 0 Å². The van der Waals surface area contributed by atoms with Gasteiger partial charge in [-0.2, -0.15) is 13.2 Å². The number of hydrogen-bond donors (Lipinski definition) is 0. The summed E-state index contributed by atoms with van der Waals surface area (Å²) in [6.07, 6.45) is -3.98. The van der Waals surface area contributed by atoms with Crippen LogP contribution in [0.25, 0.3) is 0 Å². The summed E-state index contributed by atoms with van der Waals surface area (Å²) in [5.74, 6) is -0.930. The van der Waals surface area contributed by atoms with Gasteiger partial charge < -0.3 is 4.74 Å². The highest BCUT2D eigenvalue weighted by atomic mass is 35.5. The van der Waals surface area contributed by atoms with Crippen LogP contribution in [0.4, 0.5) is 18.9 Å². The second kappa shape index (κ2) is 6.52. The van der Waals surface area contributed by atoms with Gasteiger partial charge in [-0.25, -0.2) is 8.42 Å². The van der Waals surface area contributed by atoms with Crippen molar-refractivity contribution in [2.45, 2.75) is 11.1 Å². The fourth-order valence-corrected chi connectivity index (χ4v) is 2.75. The van der Waals surface area contributed by atoms with E-state index in [1.54, 1.807) is 0 Å². The van der Waals surface area contributed by atoms with E-state index < -0.39 is 43.0 Å². The molecule has 0 saturated heterocycles. The van der Waals surface area contributed by atoms with Crippen molar-refractivity contribution in [1.29, 1.82) is 0 Å². The highest BCUT2D eigenvalue weighted by molar-refractivity contribution is 7.90. The highest BCUT2D eigenvalue weighted by Crippen LogP contribution is 2.44. The zero-order valence-corrected chi connectivity index (χ0v) is 13.9. The minimum Gasteiger partial charge on any atom is -0.455 e. The first kappa shape index (κ1) is 19.0. The van der Waals surface area contributed by atoms with E-state index in [4.69, 9.17) is 16.3 Å². The van der Waals surface area contributed by atoms with Crippen LogP contribution in [0.3, 0.4) is 0 Å². The van der Waals surface area contributed by atoms with E-state index in [1.165, 1.54) is 0 Å². The highest BCUT2D eigenvalue weighted by Gasteiger charge is 2.38. The summed E-state index contributed by atoms with van der Waals surface area (Å²) in [5.41, 5.74) is -2.25. The summed E-state index contributed by atoms with van der Waals surface area (Å²) in [5, 5.41) is 10.1. The number of halogens is 4. The van der Waals surface area contributed by atoms with Gasteiger partial charge >= 0.3 is 6.18 Å². The molecule has 0 N–H and O–H groups in total. The van der Waals surface area contributed by atoms with E-state index >= 15 is 0 Å². The predicted molar refractivity (Wildman–Crippen MR) is 82.7 cm³/mol. The number of alkyl halides is 3. The summed E-state index contributed by atoms with van der Waals surface area (Å²) in [7, 11) is -3.48. The monoisotopic (exact) mass is 395 g/mol. The molecule has 0 radical (unpaired) electrons. The maximum Gasteiger partial charge on any atom is 0.420 e. The summed E-state index contributed by atoms with van der Waals surface area (Å²) in [6.45, 7) is 0. The number of hydrogen-bond acceptors (Lipinski definition) is 5. The molecule has 0 atom stereocenters. The topological polar surface area (TPSA) is 86.5 Å². The summed E-state index contributed by atoms with van der Waals surface area (Å²) in [4.78, 5) is 9.66. The fourth-order valence-electron chi connectivity index (χ4n) is 1.87. The second-order valence-electron chi connectivity index (χ2n) is 4.90. The van der Waals surface area contributed by atoms with Crippen molar-refractivity contribution >= 4 is 27.1 Å². The van der Waals surface area contributed by atoms with Crippen LogP contribution in [-0.2, 0) is 16.0 Å². The molecule has 2 aromatic carbocycles. The lowest BCUT2D eigenvalue weighted by Gasteiger charge is -2.15. The molecular formula is C14H9ClF3NO5S. The van der Waals surface area contributed by atoms with Crippen LogP contribution in [0.15, 0.2) is 41.3 Å². The molecule has 2 rings (SSSR count). The largest absolute Gasteiger partial charge is 0.455 e. The van der Waals surface area contributed by atoms with Gasteiger partial charge in [0.1, 0.15) is 11.3 Å². The molecule has 0 unspecified atom stereocenters. The van der Waals surface area contributed by atoms with Gasteiger partial charge in [-0.1, -0.05) is 11.6 Å². The molecule has 0 amide bonds. The van der Waals surface area contributed by atoms with Crippen molar-refractivity contribution in [3.63, 3.8) is 0 Å². The van der Waals surface area contributed by atoms with Crippen LogP contribution in [-0.4, -0.2) is 19.6 Å². The van der Waals surface area contributed by atoms with Crippen LogP contribution in [0.2, 0.25) is 5.02 Å². The minimum atomic E-state index is -4.95. The molecule has 0 aromatic heterocycles. The molecule has 0 heterocycles. The Kier molecular flexibility index (Phi) is 4.96. The van der Waals surface area contributed by atoms with E-state index in [2.05, 4.69) is 0 Å². The molecule has 2 aromatic rings. The van der Waals surface area contributed by atoms with Crippen LogP contribution in [0, 0.1) is 10.1 Å². The van der Waals surface area contributed by atoms with Crippen molar-refractivity contribution in [3.05, 3.63) is 57.1 Å². The van der Waals surface area contributed by atoms with Gasteiger partial charge in [-0.05, 0) is 24.3 Å². The lowest BCUT2D eigenvalue weighted by molar-refractivity contribution is -0.385. The Morgan fingerprint density at radius 3 is 2.16 bits per heavy atom. The molecular weight excluding hydrogens is 387 g/mol. The Hall–Kier alpha value is -2.33. The van der Waals surface area contributed by atoms with Crippen LogP contribution in [0.5, 0.6) is 11.5 Å². The molecule has 0 fully saturated rings. The smallest absolute Gasteiger partial charge is 0.420 e. The van der Waals surface area contributed by atoms with E-state index in [1.807, 2.05) is 0 Å². The van der Waals surface area contributed by atoms with Gasteiger partial charge in [0.05, 0.1) is 14.8 Å². The standard InChI is InChI=1S/C14H9ClF3NO5S/c1-25(22,23)10-4-2-9(3-5-10)24-13-11(14(16,17)18)6-8(19(20)21)7-12(13)15/h2-7H,1H3. The Bertz CT molecular complexity index is 927. The lowest BCUT2D eigenvalue weighted by atomic mass is 10.1. The maximum atomic E-state index is 13.2. The number of rotatable bonds is 4. The number of benzene rings is 2. The quantitative estimate of drug-likeness (QED) is 0.563. The molecule has 11 heteroatoms. The van der Waals surface area contributed by atoms with Crippen molar-refractivity contribution < 1.29 is 31.2 Å². The van der Waals surface area contributed by atoms with Crippen molar-refractivity contribution in [2.75, 3.05) is 6.26 Å². The summed E-state index contributed by atoms with van der Waals surface area (Å²) in [6, 6.07) is 5.64. The number of nitro groups is 1. The molecule has 134 valence electrons. The Balaban J connectivity index is 2.50. The SMILES string of the molecule is CS(=O)(=O)c1ccc(Oc2c(Cl)cc([N+](=O)[O-])cc2C(F)(F)F)cc1. The van der Waals surface area contributed by atoms with Crippen molar-refractivity contribution in [2.24, 2.45) is 0 Å². The number of nitro benzene ring substituents is 1. The first-order valence-corrected chi connectivity index (χ1v) is 8.69. The first-order chi connectivity index (χ1) is 11.4. The van der Waals surface area contributed by atoms with Gasteiger partial charge in [0, 0.05) is 18.4 Å². The number of sulfone groups is 1. The molecule has 0 saturated carbocycles. The Morgan fingerprint density at radius 1 is 1.16 bits per heavy atom. The number of ether oxygens (including phenoxy) is 1. The van der Waals surface area contributed by atoms with Gasteiger partial charge in [-0.3, -0.25) is 10.1 Å². The fraction of sp³-hybridized carbons (Fsp3) is 0.143. The zero-order valence-electron chi connectivity index (χ0n) is 12.4. The molecule has 0 aliphatic rings. The van der Waals surface area contributed by atoms with E-state index in [9.17, 15) is 31.7 Å². The number of nitrogens with zero attached hydrogens (tertiary/aromatic N) is 1. The van der Waals surface area contributed by atoms with Crippen LogP contribution in [0.1, 0.15) is 5.56 Å². The predicted octanol–water partition coefficient (Wildman–Crippen LogP) is 4.46. The summed E-state index contributed by atoms with van der Waals surface area (Å²) < 4.78 is 67.3. The summed E-state index contributed by atoms with van der Waals surface area (Å²) >= 11 is 5.71. The molecule has 0 bridgehead atoms. The average Bonchev–Trinajstić information content (AvgIpc) is 2.47. The Labute approximate surface area is 144 Å². The second-order valence-corrected chi connectivity index (χ2v) is 7.33. The zero-order chi connectivity index (χ0) is 19.0. The third-order valence-electron chi connectivity index (χ3n) is 3.02. The molecule has 6 nitrogen and oxygen atoms in total. The molecule has 25 heavy (non-hydrogen) atoms. The molecule has 0 aliphatic heterocycles. The third kappa shape index (κ3) is 4.40. The maximum absolute atomic E-state index is 13.2. The van der Waals surface area contributed by atoms with Crippen LogP contribution >= 0.6 is 11.6 Å². The van der Waals surface area contributed by atoms with E-state index in [0.29, 0.717) is 6.07 Å². The van der Waals surface area contributed by atoms with Crippen LogP contribution < -0.4 is 4.74 Å². The van der Waals surface area contributed by atoms with Gasteiger partial charge in [0.25, 0.3) is 5.69 Å². The van der Waals surface area contributed by atoms with Gasteiger partial charge in [0.15, 0.2) is 15.6 Å². The van der Waals surface area contributed by atoms with Crippen molar-refractivity contribution in [3.8, 4) is 11.5 Å². The number of non-ortho nitro benzene ring substituents is 1. The normalized spacial score (nSPS) is 12.0. The van der Waals surface area contributed by atoms with Gasteiger partial charge in [-0.15, -0.1) is 0 Å².